The maximum absolute atomic E-state index is 12.4. The Hall–Kier alpha value is -2.48. The van der Waals surface area contributed by atoms with Crippen molar-refractivity contribution in [3.05, 3.63) is 48.0 Å². The van der Waals surface area contributed by atoms with E-state index in [0.717, 1.165) is 5.56 Å². The van der Waals surface area contributed by atoms with E-state index in [0.29, 0.717) is 17.2 Å². The van der Waals surface area contributed by atoms with Crippen LogP contribution in [0.3, 0.4) is 0 Å². The second-order valence-electron chi connectivity index (χ2n) is 5.51. The van der Waals surface area contributed by atoms with Gasteiger partial charge in [-0.15, -0.1) is 11.8 Å². The molecule has 0 spiro atoms. The lowest BCUT2D eigenvalue weighted by Gasteiger charge is -2.15. The molecule has 146 valence electrons. The Morgan fingerprint density at radius 3 is 2.44 bits per heavy atom. The summed E-state index contributed by atoms with van der Waals surface area (Å²) in [5.41, 5.74) is 1.43. The molecule has 0 saturated carbocycles. The van der Waals surface area contributed by atoms with E-state index >= 15 is 0 Å². The number of nitrogens with one attached hydrogen (secondary N) is 1. The molecule has 0 heterocycles. The Bertz CT molecular complexity index is 773. The van der Waals surface area contributed by atoms with E-state index in [9.17, 15) is 13.6 Å². The minimum Gasteiger partial charge on any atom is -0.495 e. The van der Waals surface area contributed by atoms with Crippen LogP contribution in [-0.2, 0) is 10.5 Å². The van der Waals surface area contributed by atoms with E-state index < -0.39 is 6.61 Å². The first-order valence-corrected chi connectivity index (χ1v) is 9.16. The van der Waals surface area contributed by atoms with Gasteiger partial charge in [0.15, 0.2) is 11.5 Å². The van der Waals surface area contributed by atoms with Gasteiger partial charge >= 0.3 is 6.61 Å². The zero-order valence-corrected chi connectivity index (χ0v) is 16.0. The molecule has 8 heteroatoms. The Morgan fingerprint density at radius 2 is 1.78 bits per heavy atom. The highest BCUT2D eigenvalue weighted by Gasteiger charge is 2.16. The van der Waals surface area contributed by atoms with Crippen molar-refractivity contribution in [3.8, 4) is 17.2 Å². The Balaban J connectivity index is 1.96. The van der Waals surface area contributed by atoms with Crippen LogP contribution in [-0.4, -0.2) is 32.0 Å². The van der Waals surface area contributed by atoms with Gasteiger partial charge in [0.05, 0.1) is 25.2 Å². The number of para-hydroxylation sites is 2. The van der Waals surface area contributed by atoms with Crippen molar-refractivity contribution in [2.45, 2.75) is 24.5 Å². The second kappa shape index (κ2) is 10.0. The third-order valence-corrected chi connectivity index (χ3v) is 4.89. The molecule has 2 aromatic carbocycles. The maximum Gasteiger partial charge on any atom is 0.387 e. The van der Waals surface area contributed by atoms with Crippen molar-refractivity contribution in [1.82, 2.24) is 0 Å². The number of anilines is 1. The van der Waals surface area contributed by atoms with Gasteiger partial charge in [-0.2, -0.15) is 8.78 Å². The third-order valence-electron chi connectivity index (χ3n) is 3.68. The molecule has 1 amide bonds. The smallest absolute Gasteiger partial charge is 0.387 e. The van der Waals surface area contributed by atoms with Crippen LogP contribution >= 0.6 is 11.8 Å². The number of ether oxygens (including phenoxy) is 3. The van der Waals surface area contributed by atoms with Crippen molar-refractivity contribution in [2.75, 3.05) is 19.5 Å². The zero-order chi connectivity index (χ0) is 19.8. The van der Waals surface area contributed by atoms with Crippen molar-refractivity contribution < 1.29 is 27.8 Å². The van der Waals surface area contributed by atoms with Crippen LogP contribution in [0, 0.1) is 0 Å². The number of hydrogen-bond donors (Lipinski definition) is 1. The van der Waals surface area contributed by atoms with Gasteiger partial charge in [0, 0.05) is 5.75 Å². The highest BCUT2D eigenvalue weighted by molar-refractivity contribution is 7.99. The number of halogens is 2. The second-order valence-corrected chi connectivity index (χ2v) is 6.84. The molecule has 0 radical (unpaired) electrons. The molecule has 0 fully saturated rings. The van der Waals surface area contributed by atoms with Crippen molar-refractivity contribution in [3.63, 3.8) is 0 Å². The highest BCUT2D eigenvalue weighted by Crippen LogP contribution is 2.31. The van der Waals surface area contributed by atoms with Gasteiger partial charge in [-0.05, 0) is 36.8 Å². The van der Waals surface area contributed by atoms with E-state index in [-0.39, 0.29) is 22.7 Å². The van der Waals surface area contributed by atoms with Crippen molar-refractivity contribution >= 4 is 23.4 Å². The molecule has 0 saturated heterocycles. The number of rotatable bonds is 9. The van der Waals surface area contributed by atoms with Crippen LogP contribution in [0.2, 0.25) is 0 Å². The first-order valence-electron chi connectivity index (χ1n) is 8.11. The van der Waals surface area contributed by atoms with Gasteiger partial charge in [-0.1, -0.05) is 18.2 Å². The lowest BCUT2D eigenvalue weighted by molar-refractivity contribution is -0.115. The van der Waals surface area contributed by atoms with Crippen LogP contribution in [0.4, 0.5) is 14.5 Å². The fraction of sp³-hybridized carbons (Fsp3) is 0.316. The number of benzene rings is 2. The standard InChI is InChI=1S/C19H21F2NO4S/c1-12(18(23)22-14-6-4-5-7-15(14)24-2)27-11-13-8-9-16(26-19(20)21)17(10-13)25-3/h4-10,12,19H,11H2,1-3H3,(H,22,23)/t12-/m1/s1. The van der Waals surface area contributed by atoms with E-state index in [1.807, 2.05) is 12.1 Å². The third kappa shape index (κ3) is 6.02. The summed E-state index contributed by atoms with van der Waals surface area (Å²) in [5, 5.41) is 2.50. The number of amides is 1. The van der Waals surface area contributed by atoms with E-state index in [2.05, 4.69) is 10.1 Å². The Kier molecular flexibility index (Phi) is 7.72. The van der Waals surface area contributed by atoms with Gasteiger partial charge in [0.25, 0.3) is 0 Å². The van der Waals surface area contributed by atoms with Crippen LogP contribution in [0.15, 0.2) is 42.5 Å². The molecule has 0 aliphatic heterocycles. The van der Waals surface area contributed by atoms with Crippen LogP contribution in [0.5, 0.6) is 17.2 Å². The van der Waals surface area contributed by atoms with Crippen molar-refractivity contribution in [1.29, 1.82) is 0 Å². The van der Waals surface area contributed by atoms with Gasteiger partial charge in [0.2, 0.25) is 5.91 Å². The number of thioether (sulfide) groups is 1. The molecule has 0 unspecified atom stereocenters. The summed E-state index contributed by atoms with van der Waals surface area (Å²) in [6.45, 7) is -1.13. The predicted octanol–water partition coefficient (Wildman–Crippen LogP) is 4.57. The average molecular weight is 397 g/mol. The monoisotopic (exact) mass is 397 g/mol. The Morgan fingerprint density at radius 1 is 1.07 bits per heavy atom. The molecule has 1 N–H and O–H groups in total. The largest absolute Gasteiger partial charge is 0.495 e. The molecular weight excluding hydrogens is 376 g/mol. The van der Waals surface area contributed by atoms with Gasteiger partial charge in [-0.3, -0.25) is 4.79 Å². The summed E-state index contributed by atoms with van der Waals surface area (Å²) in [6, 6.07) is 11.9. The molecule has 27 heavy (non-hydrogen) atoms. The molecule has 0 aliphatic rings. The summed E-state index contributed by atoms with van der Waals surface area (Å²) in [6.07, 6.45) is 0. The van der Waals surface area contributed by atoms with Crippen LogP contribution in [0.1, 0.15) is 12.5 Å². The van der Waals surface area contributed by atoms with Gasteiger partial charge in [-0.25, -0.2) is 0 Å². The molecule has 0 aliphatic carbocycles. The summed E-state index contributed by atoms with van der Waals surface area (Å²) in [5.74, 6) is 1.13. The summed E-state index contributed by atoms with van der Waals surface area (Å²) >= 11 is 1.41. The van der Waals surface area contributed by atoms with E-state index in [4.69, 9.17) is 9.47 Å². The predicted molar refractivity (Wildman–Crippen MR) is 102 cm³/mol. The highest BCUT2D eigenvalue weighted by atomic mass is 32.2. The van der Waals surface area contributed by atoms with E-state index in [1.165, 1.54) is 32.0 Å². The van der Waals surface area contributed by atoms with Crippen molar-refractivity contribution in [2.24, 2.45) is 0 Å². The SMILES string of the molecule is COc1ccccc1NC(=O)[C@@H](C)SCc1ccc(OC(F)F)c(OC)c1. The number of hydrogen-bond acceptors (Lipinski definition) is 5. The maximum atomic E-state index is 12.4. The first-order chi connectivity index (χ1) is 12.9. The number of methoxy groups -OCH3 is 2. The fourth-order valence-electron chi connectivity index (χ4n) is 2.27. The quantitative estimate of drug-likeness (QED) is 0.672. The summed E-state index contributed by atoms with van der Waals surface area (Å²) in [4.78, 5) is 12.4. The normalized spacial score (nSPS) is 11.8. The first kappa shape index (κ1) is 20.8. The summed E-state index contributed by atoms with van der Waals surface area (Å²) in [7, 11) is 2.92. The summed E-state index contributed by atoms with van der Waals surface area (Å²) < 4.78 is 39.5. The van der Waals surface area contributed by atoms with Gasteiger partial charge < -0.3 is 19.5 Å². The number of carbonyl (C=O) groups excluding carboxylic acids is 1. The topological polar surface area (TPSA) is 56.8 Å². The average Bonchev–Trinajstić information content (AvgIpc) is 2.66. The van der Waals surface area contributed by atoms with Gasteiger partial charge in [0.1, 0.15) is 5.75 Å². The molecule has 5 nitrogen and oxygen atoms in total. The zero-order valence-electron chi connectivity index (χ0n) is 15.2. The molecule has 0 aromatic heterocycles. The molecular formula is C19H21F2NO4S. The number of alkyl halides is 2. The van der Waals surface area contributed by atoms with E-state index in [1.54, 1.807) is 31.2 Å². The minimum atomic E-state index is -2.92. The van der Waals surface area contributed by atoms with Crippen LogP contribution < -0.4 is 19.5 Å². The molecule has 0 bridgehead atoms. The Labute approximate surface area is 161 Å². The minimum absolute atomic E-state index is 0.0248. The van der Waals surface area contributed by atoms with Crippen LogP contribution in [0.25, 0.3) is 0 Å². The lowest BCUT2D eigenvalue weighted by Crippen LogP contribution is -2.22. The fourth-order valence-corrected chi connectivity index (χ4v) is 3.11. The molecule has 2 aromatic rings. The molecule has 2 rings (SSSR count). The molecule has 1 atom stereocenters. The number of carbonyl (C=O) groups is 1. The lowest BCUT2D eigenvalue weighted by atomic mass is 10.2.